The molecule has 1 aromatic rings. The quantitative estimate of drug-likeness (QED) is 0.760. The SMILES string of the molecule is CC(C)(N)CNC(=O)Nc1cccc(Cl)c1. The van der Waals surface area contributed by atoms with Crippen molar-refractivity contribution in [3.05, 3.63) is 29.3 Å². The smallest absolute Gasteiger partial charge is 0.319 e. The van der Waals surface area contributed by atoms with E-state index in [0.717, 1.165) is 0 Å². The van der Waals surface area contributed by atoms with E-state index in [-0.39, 0.29) is 6.03 Å². The van der Waals surface area contributed by atoms with Crippen molar-refractivity contribution in [1.82, 2.24) is 5.32 Å². The van der Waals surface area contributed by atoms with Gasteiger partial charge in [0.25, 0.3) is 0 Å². The molecule has 0 saturated carbocycles. The minimum atomic E-state index is -0.425. The molecule has 1 aromatic carbocycles. The van der Waals surface area contributed by atoms with Crippen molar-refractivity contribution in [1.29, 1.82) is 0 Å². The summed E-state index contributed by atoms with van der Waals surface area (Å²) in [5, 5.41) is 5.92. The molecule has 0 aliphatic heterocycles. The van der Waals surface area contributed by atoms with Gasteiger partial charge in [0, 0.05) is 22.8 Å². The molecule has 0 saturated heterocycles. The van der Waals surface area contributed by atoms with Crippen molar-refractivity contribution < 1.29 is 4.79 Å². The molecule has 0 aliphatic carbocycles. The average molecular weight is 242 g/mol. The van der Waals surface area contributed by atoms with Crippen molar-refractivity contribution in [3.63, 3.8) is 0 Å². The first-order valence-corrected chi connectivity index (χ1v) is 5.34. The maximum Gasteiger partial charge on any atom is 0.319 e. The molecule has 0 aliphatic rings. The lowest BCUT2D eigenvalue weighted by molar-refractivity contribution is 0.250. The lowest BCUT2D eigenvalue weighted by Gasteiger charge is -2.19. The largest absolute Gasteiger partial charge is 0.336 e. The number of anilines is 1. The summed E-state index contributed by atoms with van der Waals surface area (Å²) < 4.78 is 0. The number of benzene rings is 1. The Kier molecular flexibility index (Phi) is 4.15. The molecule has 88 valence electrons. The lowest BCUT2D eigenvalue weighted by Crippen LogP contribution is -2.46. The summed E-state index contributed by atoms with van der Waals surface area (Å²) in [6.07, 6.45) is 0. The number of nitrogens with one attached hydrogen (secondary N) is 2. The van der Waals surface area contributed by atoms with Gasteiger partial charge in [0.2, 0.25) is 0 Å². The van der Waals surface area contributed by atoms with Crippen molar-refractivity contribution >= 4 is 23.3 Å². The third-order valence-electron chi connectivity index (χ3n) is 1.79. The van der Waals surface area contributed by atoms with Crippen LogP contribution in [0.4, 0.5) is 10.5 Å². The molecule has 2 amide bonds. The van der Waals surface area contributed by atoms with E-state index in [4.69, 9.17) is 17.3 Å². The van der Waals surface area contributed by atoms with Gasteiger partial charge in [-0.25, -0.2) is 4.79 Å². The number of hydrogen-bond donors (Lipinski definition) is 3. The molecule has 0 heterocycles. The molecule has 0 bridgehead atoms. The molecule has 0 radical (unpaired) electrons. The minimum Gasteiger partial charge on any atom is -0.336 e. The molecule has 0 aromatic heterocycles. The van der Waals surface area contributed by atoms with Gasteiger partial charge in [-0.1, -0.05) is 17.7 Å². The maximum absolute atomic E-state index is 11.4. The summed E-state index contributed by atoms with van der Waals surface area (Å²) in [7, 11) is 0. The third kappa shape index (κ3) is 5.00. The number of amides is 2. The number of halogens is 1. The first kappa shape index (κ1) is 12.8. The second-order valence-electron chi connectivity index (χ2n) is 4.31. The van der Waals surface area contributed by atoms with Crippen LogP contribution in [0.1, 0.15) is 13.8 Å². The summed E-state index contributed by atoms with van der Waals surface area (Å²) in [4.78, 5) is 11.4. The first-order chi connectivity index (χ1) is 7.37. The first-order valence-electron chi connectivity index (χ1n) is 4.96. The minimum absolute atomic E-state index is 0.291. The Labute approximate surface area is 100 Å². The van der Waals surface area contributed by atoms with Gasteiger partial charge in [-0.3, -0.25) is 0 Å². The van der Waals surface area contributed by atoms with E-state index >= 15 is 0 Å². The standard InChI is InChI=1S/C11H16ClN3O/c1-11(2,13)7-14-10(16)15-9-5-3-4-8(12)6-9/h3-6H,7,13H2,1-2H3,(H2,14,15,16). The highest BCUT2D eigenvalue weighted by Gasteiger charge is 2.11. The van der Waals surface area contributed by atoms with E-state index in [1.807, 2.05) is 13.8 Å². The molecule has 4 nitrogen and oxygen atoms in total. The number of carbonyl (C=O) groups excluding carboxylic acids is 1. The fraction of sp³-hybridized carbons (Fsp3) is 0.364. The van der Waals surface area contributed by atoms with Gasteiger partial charge < -0.3 is 16.4 Å². The van der Waals surface area contributed by atoms with Crippen LogP contribution in [0.25, 0.3) is 0 Å². The Morgan fingerprint density at radius 3 is 2.75 bits per heavy atom. The van der Waals surface area contributed by atoms with E-state index in [1.165, 1.54) is 0 Å². The monoisotopic (exact) mass is 241 g/mol. The Morgan fingerprint density at radius 2 is 2.19 bits per heavy atom. The highest BCUT2D eigenvalue weighted by Crippen LogP contribution is 2.14. The molecule has 0 fully saturated rings. The zero-order chi connectivity index (χ0) is 12.2. The number of nitrogens with two attached hydrogens (primary N) is 1. The van der Waals surface area contributed by atoms with Gasteiger partial charge in [0.1, 0.15) is 0 Å². The highest BCUT2D eigenvalue weighted by molar-refractivity contribution is 6.30. The highest BCUT2D eigenvalue weighted by atomic mass is 35.5. The predicted molar refractivity (Wildman–Crippen MR) is 66.7 cm³/mol. The summed E-state index contributed by atoms with van der Waals surface area (Å²) in [6.45, 7) is 4.08. The van der Waals surface area contributed by atoms with E-state index in [2.05, 4.69) is 10.6 Å². The molecule has 4 N–H and O–H groups in total. The van der Waals surface area contributed by atoms with Gasteiger partial charge in [-0.2, -0.15) is 0 Å². The van der Waals surface area contributed by atoms with Crippen LogP contribution in [-0.2, 0) is 0 Å². The van der Waals surface area contributed by atoms with Crippen LogP contribution in [0, 0.1) is 0 Å². The fourth-order valence-corrected chi connectivity index (χ4v) is 1.24. The third-order valence-corrected chi connectivity index (χ3v) is 2.02. The molecule has 16 heavy (non-hydrogen) atoms. The van der Waals surface area contributed by atoms with E-state index in [0.29, 0.717) is 17.3 Å². The predicted octanol–water partition coefficient (Wildman–Crippen LogP) is 2.20. The molecule has 5 heteroatoms. The number of rotatable bonds is 3. The number of hydrogen-bond acceptors (Lipinski definition) is 2. The second-order valence-corrected chi connectivity index (χ2v) is 4.74. The normalized spacial score (nSPS) is 11.0. The second kappa shape index (κ2) is 5.18. The fourth-order valence-electron chi connectivity index (χ4n) is 1.05. The van der Waals surface area contributed by atoms with Crippen LogP contribution in [-0.4, -0.2) is 18.1 Å². The van der Waals surface area contributed by atoms with Gasteiger partial charge in [0.15, 0.2) is 0 Å². The van der Waals surface area contributed by atoms with Crippen LogP contribution < -0.4 is 16.4 Å². The van der Waals surface area contributed by atoms with Crippen LogP contribution in [0.15, 0.2) is 24.3 Å². The number of carbonyl (C=O) groups is 1. The maximum atomic E-state index is 11.4. The van der Waals surface area contributed by atoms with Crippen LogP contribution in [0.2, 0.25) is 5.02 Å². The van der Waals surface area contributed by atoms with Crippen molar-refractivity contribution in [2.45, 2.75) is 19.4 Å². The van der Waals surface area contributed by atoms with Crippen molar-refractivity contribution in [3.8, 4) is 0 Å². The Morgan fingerprint density at radius 1 is 1.50 bits per heavy atom. The van der Waals surface area contributed by atoms with Gasteiger partial charge >= 0.3 is 6.03 Å². The van der Waals surface area contributed by atoms with E-state index < -0.39 is 5.54 Å². The Hall–Kier alpha value is -1.26. The van der Waals surface area contributed by atoms with Crippen molar-refractivity contribution in [2.24, 2.45) is 5.73 Å². The zero-order valence-corrected chi connectivity index (χ0v) is 10.1. The van der Waals surface area contributed by atoms with Crippen molar-refractivity contribution in [2.75, 3.05) is 11.9 Å². The van der Waals surface area contributed by atoms with E-state index in [9.17, 15) is 4.79 Å². The molecule has 0 spiro atoms. The number of urea groups is 1. The van der Waals surface area contributed by atoms with Crippen LogP contribution >= 0.6 is 11.6 Å². The van der Waals surface area contributed by atoms with Crippen LogP contribution in [0.3, 0.4) is 0 Å². The van der Waals surface area contributed by atoms with Gasteiger partial charge in [-0.05, 0) is 32.0 Å². The molecule has 0 unspecified atom stereocenters. The van der Waals surface area contributed by atoms with Gasteiger partial charge in [0.05, 0.1) is 0 Å². The topological polar surface area (TPSA) is 67.1 Å². The summed E-state index contributed by atoms with van der Waals surface area (Å²) >= 11 is 5.79. The van der Waals surface area contributed by atoms with Crippen LogP contribution in [0.5, 0.6) is 0 Å². The molecular weight excluding hydrogens is 226 g/mol. The molecular formula is C11H16ClN3O. The summed E-state index contributed by atoms with van der Waals surface area (Å²) in [5.41, 5.74) is 5.97. The molecule has 0 atom stereocenters. The lowest BCUT2D eigenvalue weighted by atomic mass is 10.1. The molecule has 1 rings (SSSR count). The Bertz CT molecular complexity index is 374. The average Bonchev–Trinajstić information content (AvgIpc) is 2.14. The summed E-state index contributed by atoms with van der Waals surface area (Å²) in [6, 6.07) is 6.66. The van der Waals surface area contributed by atoms with E-state index in [1.54, 1.807) is 24.3 Å². The zero-order valence-electron chi connectivity index (χ0n) is 9.38. The summed E-state index contributed by atoms with van der Waals surface area (Å²) in [5.74, 6) is 0. The van der Waals surface area contributed by atoms with Gasteiger partial charge in [-0.15, -0.1) is 0 Å². The Balaban J connectivity index is 2.46.